The summed E-state index contributed by atoms with van der Waals surface area (Å²) < 4.78 is 32.8. The van der Waals surface area contributed by atoms with E-state index < -0.39 is 26.5 Å². The molecule has 0 saturated carbocycles. The van der Waals surface area contributed by atoms with E-state index in [0.717, 1.165) is 57.8 Å². The van der Waals surface area contributed by atoms with E-state index in [1.165, 1.54) is 103 Å². The first-order chi connectivity index (χ1) is 26.8. The average molecular weight is 796 g/mol. The molecule has 0 radical (unpaired) electrons. The number of phosphoric ester groups is 1. The molecule has 0 aliphatic carbocycles. The summed E-state index contributed by atoms with van der Waals surface area (Å²) in [5.74, 6) is -0.861. The average Bonchev–Trinajstić information content (AvgIpc) is 3.17. The third-order valence-electron chi connectivity index (χ3n) is 9.22. The van der Waals surface area contributed by atoms with E-state index in [0.29, 0.717) is 6.42 Å². The van der Waals surface area contributed by atoms with Crippen molar-refractivity contribution < 1.29 is 37.6 Å². The Balaban J connectivity index is 4.21. The van der Waals surface area contributed by atoms with E-state index in [-0.39, 0.29) is 38.6 Å². The number of carbonyl (C=O) groups is 2. The number of ether oxygens (including phenoxy) is 2. The zero-order valence-electron chi connectivity index (χ0n) is 35.2. The Hall–Kier alpha value is -2.03. The molecule has 0 fully saturated rings. The molecule has 0 aliphatic heterocycles. The Morgan fingerprint density at radius 1 is 0.545 bits per heavy atom. The number of esters is 2. The number of phosphoric acid groups is 1. The monoisotopic (exact) mass is 796 g/mol. The van der Waals surface area contributed by atoms with E-state index >= 15 is 0 Å². The van der Waals surface area contributed by atoms with Gasteiger partial charge in [0.2, 0.25) is 0 Å². The Bertz CT molecular complexity index is 1040. The second-order valence-corrected chi connectivity index (χ2v) is 16.0. The second-order valence-electron chi connectivity index (χ2n) is 14.6. The summed E-state index contributed by atoms with van der Waals surface area (Å²) in [5.41, 5.74) is 5.35. The van der Waals surface area contributed by atoms with Crippen LogP contribution in [0.25, 0.3) is 0 Å². The summed E-state index contributed by atoms with van der Waals surface area (Å²) in [5, 5.41) is 0. The summed E-state index contributed by atoms with van der Waals surface area (Å²) >= 11 is 0. The van der Waals surface area contributed by atoms with Gasteiger partial charge < -0.3 is 20.1 Å². The molecule has 2 atom stereocenters. The van der Waals surface area contributed by atoms with Crippen LogP contribution >= 0.6 is 7.82 Å². The van der Waals surface area contributed by atoms with Crippen molar-refractivity contribution in [3.05, 3.63) is 48.6 Å². The maximum Gasteiger partial charge on any atom is 0.472 e. The first-order valence-corrected chi connectivity index (χ1v) is 23.6. The Labute approximate surface area is 336 Å². The second kappa shape index (κ2) is 41.6. The van der Waals surface area contributed by atoms with Gasteiger partial charge in [0.25, 0.3) is 0 Å². The fraction of sp³-hybridized carbons (Fsp3) is 0.778. The van der Waals surface area contributed by atoms with E-state index in [9.17, 15) is 19.0 Å². The highest BCUT2D eigenvalue weighted by molar-refractivity contribution is 7.47. The van der Waals surface area contributed by atoms with Crippen molar-refractivity contribution in [3.8, 4) is 0 Å². The van der Waals surface area contributed by atoms with Crippen LogP contribution < -0.4 is 5.73 Å². The molecule has 0 aliphatic rings. The largest absolute Gasteiger partial charge is 0.472 e. The van der Waals surface area contributed by atoms with Crippen molar-refractivity contribution in [1.29, 1.82) is 0 Å². The van der Waals surface area contributed by atoms with E-state index in [2.05, 4.69) is 62.5 Å². The van der Waals surface area contributed by atoms with Crippen LogP contribution in [-0.2, 0) is 32.7 Å². The molecule has 0 spiro atoms. The van der Waals surface area contributed by atoms with Crippen LogP contribution in [0.2, 0.25) is 0 Å². The maximum atomic E-state index is 12.6. The molecule has 0 amide bonds. The number of carbonyl (C=O) groups excluding carboxylic acids is 2. The number of rotatable bonds is 41. The van der Waals surface area contributed by atoms with Crippen molar-refractivity contribution in [2.75, 3.05) is 26.4 Å². The molecule has 3 N–H and O–H groups in total. The molecular weight excluding hydrogens is 713 g/mol. The summed E-state index contributed by atoms with van der Waals surface area (Å²) in [7, 11) is -4.39. The van der Waals surface area contributed by atoms with Crippen molar-refractivity contribution in [3.63, 3.8) is 0 Å². The number of hydrogen-bond donors (Lipinski definition) is 2. The summed E-state index contributed by atoms with van der Waals surface area (Å²) in [4.78, 5) is 34.9. The lowest BCUT2D eigenvalue weighted by Crippen LogP contribution is -2.29. The quantitative estimate of drug-likeness (QED) is 0.0268. The van der Waals surface area contributed by atoms with E-state index in [4.69, 9.17) is 24.3 Å². The third kappa shape index (κ3) is 41.4. The van der Waals surface area contributed by atoms with Gasteiger partial charge in [-0.25, -0.2) is 4.57 Å². The number of nitrogens with two attached hydrogens (primary N) is 1. The Kier molecular flexibility index (Phi) is 40.1. The van der Waals surface area contributed by atoms with Crippen molar-refractivity contribution in [2.45, 2.75) is 200 Å². The molecule has 10 heteroatoms. The molecule has 0 rings (SSSR count). The van der Waals surface area contributed by atoms with Gasteiger partial charge in [0.05, 0.1) is 13.2 Å². The minimum absolute atomic E-state index is 0.0473. The van der Waals surface area contributed by atoms with Gasteiger partial charge in [-0.15, -0.1) is 0 Å². The minimum atomic E-state index is -4.39. The highest BCUT2D eigenvalue weighted by atomic mass is 31.2. The van der Waals surface area contributed by atoms with Gasteiger partial charge in [-0.2, -0.15) is 0 Å². The molecule has 320 valence electrons. The zero-order chi connectivity index (χ0) is 40.3. The summed E-state index contributed by atoms with van der Waals surface area (Å²) in [6.45, 7) is 3.67. The molecule has 2 unspecified atom stereocenters. The fourth-order valence-electron chi connectivity index (χ4n) is 5.91. The lowest BCUT2D eigenvalue weighted by Gasteiger charge is -2.19. The molecule has 55 heavy (non-hydrogen) atoms. The summed E-state index contributed by atoms with van der Waals surface area (Å²) in [6, 6.07) is 0. The first-order valence-electron chi connectivity index (χ1n) is 22.1. The standard InChI is InChI=1S/C45H82NO8P/c1-3-5-7-9-11-13-15-17-19-20-21-22-24-26-28-30-32-34-36-38-45(48)54-43(42-53-55(49,50)52-40-39-46)41-51-44(47)37-35-33-31-29-27-25-23-18-16-14-12-10-8-6-4-2/h11,13,17,19,21-22,26,28,43H,3-10,12,14-16,18,20,23-25,27,29-42,46H2,1-2H3,(H,49,50). The molecular formula is C45H82NO8P. The lowest BCUT2D eigenvalue weighted by molar-refractivity contribution is -0.161. The van der Waals surface area contributed by atoms with Crippen molar-refractivity contribution in [1.82, 2.24) is 0 Å². The predicted molar refractivity (Wildman–Crippen MR) is 229 cm³/mol. The maximum absolute atomic E-state index is 12.6. The topological polar surface area (TPSA) is 134 Å². The van der Waals surface area contributed by atoms with Crippen LogP contribution in [0.15, 0.2) is 48.6 Å². The zero-order valence-corrected chi connectivity index (χ0v) is 36.0. The molecule has 0 aromatic carbocycles. The van der Waals surface area contributed by atoms with Crippen LogP contribution in [0.3, 0.4) is 0 Å². The first kappa shape index (κ1) is 53.0. The molecule has 0 heterocycles. The Morgan fingerprint density at radius 2 is 0.945 bits per heavy atom. The number of hydrogen-bond acceptors (Lipinski definition) is 8. The SMILES string of the molecule is CCCCCC=CCC=CCC=CCC=CCCCCCC(=O)OC(COC(=O)CCCCCCCCCCCCCCCCC)COP(=O)(O)OCCN. The van der Waals surface area contributed by atoms with Crippen molar-refractivity contribution >= 4 is 19.8 Å². The van der Waals surface area contributed by atoms with Crippen LogP contribution in [-0.4, -0.2) is 49.3 Å². The predicted octanol–water partition coefficient (Wildman–Crippen LogP) is 12.7. The van der Waals surface area contributed by atoms with Crippen LogP contribution in [0, 0.1) is 0 Å². The van der Waals surface area contributed by atoms with Gasteiger partial charge in [-0.3, -0.25) is 18.6 Å². The normalized spacial score (nSPS) is 13.7. The van der Waals surface area contributed by atoms with E-state index in [1.807, 2.05) is 0 Å². The fourth-order valence-corrected chi connectivity index (χ4v) is 6.68. The number of allylic oxidation sites excluding steroid dienone is 8. The van der Waals surface area contributed by atoms with Gasteiger partial charge in [0.1, 0.15) is 6.61 Å². The smallest absolute Gasteiger partial charge is 0.462 e. The molecule has 0 aromatic rings. The van der Waals surface area contributed by atoms with Crippen molar-refractivity contribution in [2.24, 2.45) is 5.73 Å². The molecule has 0 bridgehead atoms. The van der Waals surface area contributed by atoms with Gasteiger partial charge in [-0.1, -0.05) is 172 Å². The lowest BCUT2D eigenvalue weighted by atomic mass is 10.0. The van der Waals surface area contributed by atoms with Gasteiger partial charge in [-0.05, 0) is 57.8 Å². The third-order valence-corrected chi connectivity index (χ3v) is 10.2. The molecule has 9 nitrogen and oxygen atoms in total. The minimum Gasteiger partial charge on any atom is -0.462 e. The summed E-state index contributed by atoms with van der Waals surface area (Å²) in [6.07, 6.45) is 47.1. The highest BCUT2D eigenvalue weighted by Gasteiger charge is 2.26. The Morgan fingerprint density at radius 3 is 1.44 bits per heavy atom. The van der Waals surface area contributed by atoms with E-state index in [1.54, 1.807) is 0 Å². The highest BCUT2D eigenvalue weighted by Crippen LogP contribution is 2.43. The number of unbranched alkanes of at least 4 members (excludes halogenated alkanes) is 20. The molecule has 0 aromatic heterocycles. The van der Waals surface area contributed by atoms with Crippen LogP contribution in [0.1, 0.15) is 194 Å². The van der Waals surface area contributed by atoms with Gasteiger partial charge in [0.15, 0.2) is 6.10 Å². The van der Waals surface area contributed by atoms with Crippen LogP contribution in [0.5, 0.6) is 0 Å². The van der Waals surface area contributed by atoms with Gasteiger partial charge in [0, 0.05) is 19.4 Å². The van der Waals surface area contributed by atoms with Crippen LogP contribution in [0.4, 0.5) is 0 Å². The van der Waals surface area contributed by atoms with Gasteiger partial charge >= 0.3 is 19.8 Å². The molecule has 0 saturated heterocycles.